The van der Waals surface area contributed by atoms with Crippen molar-refractivity contribution in [2.24, 2.45) is 0 Å². The molecule has 0 bridgehead atoms. The highest BCUT2D eigenvalue weighted by Gasteiger charge is 2.29. The van der Waals surface area contributed by atoms with E-state index in [0.717, 1.165) is 5.56 Å². The lowest BCUT2D eigenvalue weighted by molar-refractivity contribution is 0.282. The van der Waals surface area contributed by atoms with Crippen molar-refractivity contribution in [3.8, 4) is 11.5 Å². The van der Waals surface area contributed by atoms with Crippen LogP contribution in [0.15, 0.2) is 56.5 Å². The fourth-order valence-corrected chi connectivity index (χ4v) is 4.43. The Labute approximate surface area is 204 Å². The quantitative estimate of drug-likeness (QED) is 0.282. The molecule has 0 aliphatic carbocycles. The third kappa shape index (κ3) is 4.79. The topological polar surface area (TPSA) is 116 Å². The van der Waals surface area contributed by atoms with Gasteiger partial charge in [-0.05, 0) is 53.0 Å². The maximum absolute atomic E-state index is 12.7. The van der Waals surface area contributed by atoms with E-state index in [2.05, 4.69) is 36.3 Å². The molecular weight excluding hydrogens is 512 g/mol. The van der Waals surface area contributed by atoms with E-state index < -0.39 is 5.92 Å². The fourth-order valence-electron chi connectivity index (χ4n) is 3.86. The molecule has 0 amide bonds. The van der Waals surface area contributed by atoms with Crippen molar-refractivity contribution in [3.05, 3.63) is 101 Å². The molecule has 4 rings (SSSR count). The summed E-state index contributed by atoms with van der Waals surface area (Å²) in [5.41, 5.74) is 3.39. The minimum Gasteiger partial charge on any atom is -0.493 e. The van der Waals surface area contributed by atoms with E-state index in [0.29, 0.717) is 50.7 Å². The van der Waals surface area contributed by atoms with Gasteiger partial charge >= 0.3 is 0 Å². The average Bonchev–Trinajstić information content (AvgIpc) is 3.29. The summed E-state index contributed by atoms with van der Waals surface area (Å²) in [6, 6.07) is 13.5. The summed E-state index contributed by atoms with van der Waals surface area (Å²) < 4.78 is 12.3. The molecule has 0 spiro atoms. The number of rotatable bonds is 7. The van der Waals surface area contributed by atoms with Crippen molar-refractivity contribution in [1.29, 1.82) is 0 Å². The van der Waals surface area contributed by atoms with Gasteiger partial charge in [-0.3, -0.25) is 19.8 Å². The molecule has 0 atom stereocenters. The number of aromatic amines is 4. The molecule has 0 aliphatic rings. The highest BCUT2D eigenvalue weighted by Crippen LogP contribution is 2.42. The number of methoxy groups -OCH3 is 1. The van der Waals surface area contributed by atoms with Crippen molar-refractivity contribution in [2.45, 2.75) is 26.4 Å². The summed E-state index contributed by atoms with van der Waals surface area (Å²) in [5, 5.41) is 10.9. The number of halogens is 2. The lowest BCUT2D eigenvalue weighted by Crippen LogP contribution is -2.20. The molecule has 33 heavy (non-hydrogen) atoms. The van der Waals surface area contributed by atoms with Crippen LogP contribution in [-0.4, -0.2) is 27.5 Å². The summed E-state index contributed by atoms with van der Waals surface area (Å²) in [4.78, 5) is 25.3. The smallest absolute Gasteiger partial charge is 0.268 e. The number of benzene rings is 2. The molecule has 8 nitrogen and oxygen atoms in total. The maximum Gasteiger partial charge on any atom is 0.268 e. The third-order valence-corrected chi connectivity index (χ3v) is 6.00. The van der Waals surface area contributed by atoms with Crippen molar-refractivity contribution < 1.29 is 9.47 Å². The van der Waals surface area contributed by atoms with Gasteiger partial charge in [0, 0.05) is 17.3 Å². The molecule has 0 aliphatic heterocycles. The van der Waals surface area contributed by atoms with Crippen LogP contribution in [0.25, 0.3) is 0 Å². The summed E-state index contributed by atoms with van der Waals surface area (Å²) >= 11 is 3.59. The average molecular weight is 536 g/mol. The Morgan fingerprint density at radius 3 is 1.97 bits per heavy atom. The highest BCUT2D eigenvalue weighted by atomic mass is 79.9. The molecule has 0 saturated heterocycles. The van der Waals surface area contributed by atoms with E-state index in [1.54, 1.807) is 27.0 Å². The molecule has 2 aromatic carbocycles. The predicted octanol–water partition coefficient (Wildman–Crippen LogP) is 4.29. The number of H-pyrrole nitrogens is 4. The molecule has 4 N–H and O–H groups in total. The summed E-state index contributed by atoms with van der Waals surface area (Å²) in [6.45, 7) is 3.95. The van der Waals surface area contributed by atoms with Gasteiger partial charge in [-0.15, -0.1) is 12.4 Å². The standard InChI is InChI=1S/C23H23BrN4O4.ClH/c1-12-18(22(29)27-25-12)20(19-13(2)26-28-23(19)30)15-9-16(24)21(17(10-15)31-3)32-11-14-7-5-4-6-8-14;/h4-10,20H,11H2,1-3H3,(H2,25,27,29)(H2,26,28,30);1H. The van der Waals surface area contributed by atoms with Gasteiger partial charge in [0.2, 0.25) is 0 Å². The summed E-state index contributed by atoms with van der Waals surface area (Å²) in [5.74, 6) is 0.413. The number of aromatic nitrogens is 4. The molecule has 0 fully saturated rings. The van der Waals surface area contributed by atoms with Crippen molar-refractivity contribution in [1.82, 2.24) is 20.4 Å². The first kappa shape index (κ1) is 24.5. The Kier molecular flexibility index (Phi) is 7.55. The van der Waals surface area contributed by atoms with Crippen LogP contribution in [0.4, 0.5) is 0 Å². The Morgan fingerprint density at radius 1 is 0.909 bits per heavy atom. The first-order chi connectivity index (χ1) is 15.4. The van der Waals surface area contributed by atoms with Gasteiger partial charge in [0.15, 0.2) is 11.5 Å². The van der Waals surface area contributed by atoms with Gasteiger partial charge in [0.05, 0.1) is 22.7 Å². The lowest BCUT2D eigenvalue weighted by atomic mass is 9.85. The van der Waals surface area contributed by atoms with E-state index in [-0.39, 0.29) is 23.5 Å². The van der Waals surface area contributed by atoms with Crippen LogP contribution in [0.3, 0.4) is 0 Å². The van der Waals surface area contributed by atoms with Crippen LogP contribution in [0.1, 0.15) is 39.6 Å². The Bertz CT molecular complexity index is 1300. The van der Waals surface area contributed by atoms with Crippen LogP contribution in [0, 0.1) is 13.8 Å². The Hall–Kier alpha value is -3.17. The summed E-state index contributed by atoms with van der Waals surface area (Å²) in [6.07, 6.45) is 0. The molecule has 174 valence electrons. The molecule has 0 unspecified atom stereocenters. The first-order valence-electron chi connectivity index (χ1n) is 9.99. The van der Waals surface area contributed by atoms with Crippen molar-refractivity contribution in [3.63, 3.8) is 0 Å². The Morgan fingerprint density at radius 2 is 1.48 bits per heavy atom. The van der Waals surface area contributed by atoms with Gasteiger partial charge in [-0.2, -0.15) is 0 Å². The van der Waals surface area contributed by atoms with E-state index >= 15 is 0 Å². The Balaban J connectivity index is 0.00000306. The molecule has 2 heterocycles. The van der Waals surface area contributed by atoms with Crippen LogP contribution < -0.4 is 20.6 Å². The van der Waals surface area contributed by atoms with Gasteiger partial charge in [-0.1, -0.05) is 30.3 Å². The largest absolute Gasteiger partial charge is 0.493 e. The second-order valence-electron chi connectivity index (χ2n) is 7.48. The zero-order valence-electron chi connectivity index (χ0n) is 18.2. The first-order valence-corrected chi connectivity index (χ1v) is 10.8. The molecular formula is C23H24BrClN4O4. The third-order valence-electron chi connectivity index (χ3n) is 5.41. The number of hydrogen-bond acceptors (Lipinski definition) is 4. The van der Waals surface area contributed by atoms with E-state index in [9.17, 15) is 9.59 Å². The monoisotopic (exact) mass is 534 g/mol. The summed E-state index contributed by atoms with van der Waals surface area (Å²) in [7, 11) is 1.55. The van der Waals surface area contributed by atoms with Gasteiger partial charge < -0.3 is 19.7 Å². The van der Waals surface area contributed by atoms with Crippen LogP contribution in [-0.2, 0) is 6.61 Å². The van der Waals surface area contributed by atoms with Crippen LogP contribution in [0.5, 0.6) is 11.5 Å². The second kappa shape index (κ2) is 10.2. The fraction of sp³-hybridized carbons (Fsp3) is 0.217. The minimum atomic E-state index is -0.617. The highest BCUT2D eigenvalue weighted by molar-refractivity contribution is 9.10. The van der Waals surface area contributed by atoms with Gasteiger partial charge in [-0.25, -0.2) is 0 Å². The zero-order chi connectivity index (χ0) is 22.8. The zero-order valence-corrected chi connectivity index (χ0v) is 20.6. The van der Waals surface area contributed by atoms with Crippen molar-refractivity contribution in [2.75, 3.05) is 7.11 Å². The lowest BCUT2D eigenvalue weighted by Gasteiger charge is -2.20. The molecule has 2 aromatic heterocycles. The second-order valence-corrected chi connectivity index (χ2v) is 8.33. The van der Waals surface area contributed by atoms with Crippen LogP contribution in [0.2, 0.25) is 0 Å². The SMILES string of the molecule is COc1cc(C(c2c(C)[nH][nH]c2=O)c2c(C)[nH][nH]c2=O)cc(Br)c1OCc1ccccc1.Cl. The van der Waals surface area contributed by atoms with E-state index in [4.69, 9.17) is 9.47 Å². The van der Waals surface area contributed by atoms with E-state index in [1.807, 2.05) is 36.4 Å². The van der Waals surface area contributed by atoms with Gasteiger partial charge in [0.25, 0.3) is 11.1 Å². The number of ether oxygens (including phenoxy) is 2. The van der Waals surface area contributed by atoms with Gasteiger partial charge in [0.1, 0.15) is 6.61 Å². The van der Waals surface area contributed by atoms with Crippen LogP contribution >= 0.6 is 28.3 Å². The molecule has 4 aromatic rings. The maximum atomic E-state index is 12.7. The molecule has 0 saturated carbocycles. The minimum absolute atomic E-state index is 0. The number of nitrogens with one attached hydrogen (secondary N) is 4. The normalized spacial score (nSPS) is 10.8. The molecule has 10 heteroatoms. The number of aryl methyl sites for hydroxylation is 2. The van der Waals surface area contributed by atoms with E-state index in [1.165, 1.54) is 0 Å². The predicted molar refractivity (Wildman–Crippen MR) is 132 cm³/mol. The molecule has 0 radical (unpaired) electrons. The number of hydrogen-bond donors (Lipinski definition) is 4. The van der Waals surface area contributed by atoms with Crippen molar-refractivity contribution >= 4 is 28.3 Å².